The summed E-state index contributed by atoms with van der Waals surface area (Å²) in [5, 5.41) is 2.91. The maximum atomic E-state index is 11.9. The van der Waals surface area contributed by atoms with Crippen molar-refractivity contribution in [3.63, 3.8) is 0 Å². The standard InChI is InChI=1S/C17H21N3O2/c1-13-4-6-14(7-5-13)16(20(2)3)10-18-17(21)9-8-15-11-22-12-19-15/h4-9,11-12,16H,10H2,1-3H3,(H,18,21). The molecule has 22 heavy (non-hydrogen) atoms. The van der Waals surface area contributed by atoms with E-state index in [0.717, 1.165) is 0 Å². The van der Waals surface area contributed by atoms with Gasteiger partial charge in [0.2, 0.25) is 5.91 Å². The monoisotopic (exact) mass is 299 g/mol. The van der Waals surface area contributed by atoms with Crippen molar-refractivity contribution in [3.8, 4) is 0 Å². The number of carbonyl (C=O) groups excluding carboxylic acids is 1. The highest BCUT2D eigenvalue weighted by Gasteiger charge is 2.14. The summed E-state index contributed by atoms with van der Waals surface area (Å²) in [6, 6.07) is 8.48. The largest absolute Gasteiger partial charge is 0.451 e. The minimum atomic E-state index is -0.151. The average Bonchev–Trinajstić information content (AvgIpc) is 3.00. The molecule has 1 aromatic heterocycles. The summed E-state index contributed by atoms with van der Waals surface area (Å²) in [6.07, 6.45) is 5.89. The van der Waals surface area contributed by atoms with Gasteiger partial charge in [-0.05, 0) is 32.7 Å². The number of aryl methyl sites for hydroxylation is 1. The molecule has 5 nitrogen and oxygen atoms in total. The van der Waals surface area contributed by atoms with Gasteiger partial charge in [-0.15, -0.1) is 0 Å². The SMILES string of the molecule is Cc1ccc(C(CNC(=O)C=Cc2cocn2)N(C)C)cc1. The van der Waals surface area contributed by atoms with Crippen LogP contribution in [0.5, 0.6) is 0 Å². The lowest BCUT2D eigenvalue weighted by molar-refractivity contribution is -0.116. The highest BCUT2D eigenvalue weighted by Crippen LogP contribution is 2.17. The molecule has 0 aliphatic carbocycles. The van der Waals surface area contributed by atoms with Crippen molar-refractivity contribution < 1.29 is 9.21 Å². The summed E-state index contributed by atoms with van der Waals surface area (Å²) < 4.78 is 4.84. The number of hydrogen-bond donors (Lipinski definition) is 1. The highest BCUT2D eigenvalue weighted by molar-refractivity contribution is 5.91. The molecular weight excluding hydrogens is 278 g/mol. The van der Waals surface area contributed by atoms with E-state index in [1.54, 1.807) is 6.08 Å². The number of benzene rings is 1. The molecule has 1 aromatic carbocycles. The first-order valence-corrected chi connectivity index (χ1v) is 7.13. The first-order chi connectivity index (χ1) is 10.6. The van der Waals surface area contributed by atoms with E-state index in [0.29, 0.717) is 12.2 Å². The van der Waals surface area contributed by atoms with Gasteiger partial charge in [0.1, 0.15) is 12.0 Å². The van der Waals surface area contributed by atoms with Crippen molar-refractivity contribution in [3.05, 3.63) is 59.8 Å². The number of likely N-dealkylation sites (N-methyl/N-ethyl adjacent to an activating group) is 1. The zero-order valence-electron chi connectivity index (χ0n) is 13.1. The summed E-state index contributed by atoms with van der Waals surface area (Å²) in [7, 11) is 4.00. The molecule has 1 amide bonds. The average molecular weight is 299 g/mol. The van der Waals surface area contributed by atoms with Crippen molar-refractivity contribution in [1.82, 2.24) is 15.2 Å². The molecular formula is C17H21N3O2. The van der Waals surface area contributed by atoms with Crippen LogP contribution in [0.4, 0.5) is 0 Å². The Labute approximate surface area is 130 Å². The van der Waals surface area contributed by atoms with Crippen LogP contribution in [0, 0.1) is 6.92 Å². The molecule has 1 N–H and O–H groups in total. The zero-order chi connectivity index (χ0) is 15.9. The van der Waals surface area contributed by atoms with Crippen molar-refractivity contribution in [2.24, 2.45) is 0 Å². The molecule has 1 atom stereocenters. The third kappa shape index (κ3) is 4.56. The fourth-order valence-electron chi connectivity index (χ4n) is 2.11. The van der Waals surface area contributed by atoms with E-state index in [9.17, 15) is 4.79 Å². The summed E-state index contributed by atoms with van der Waals surface area (Å²) in [4.78, 5) is 17.9. The van der Waals surface area contributed by atoms with Crippen LogP contribution in [0.15, 0.2) is 47.4 Å². The van der Waals surface area contributed by atoms with E-state index in [2.05, 4.69) is 46.4 Å². The molecule has 116 valence electrons. The number of rotatable bonds is 6. The second-order valence-corrected chi connectivity index (χ2v) is 5.38. The molecule has 0 saturated carbocycles. The summed E-state index contributed by atoms with van der Waals surface area (Å²) in [5.41, 5.74) is 3.02. The second kappa shape index (κ2) is 7.56. The number of nitrogens with zero attached hydrogens (tertiary/aromatic N) is 2. The van der Waals surface area contributed by atoms with Gasteiger partial charge in [0.15, 0.2) is 6.39 Å². The van der Waals surface area contributed by atoms with Gasteiger partial charge in [-0.2, -0.15) is 0 Å². The lowest BCUT2D eigenvalue weighted by atomic mass is 10.0. The number of aromatic nitrogens is 1. The molecule has 0 fully saturated rings. The van der Waals surface area contributed by atoms with Crippen LogP contribution in [0.3, 0.4) is 0 Å². The zero-order valence-corrected chi connectivity index (χ0v) is 13.1. The van der Waals surface area contributed by atoms with Crippen molar-refractivity contribution in [1.29, 1.82) is 0 Å². The van der Waals surface area contributed by atoms with Gasteiger partial charge in [-0.25, -0.2) is 4.98 Å². The topological polar surface area (TPSA) is 58.4 Å². The van der Waals surface area contributed by atoms with Crippen LogP contribution in [-0.4, -0.2) is 36.4 Å². The Kier molecular flexibility index (Phi) is 5.49. The Hall–Kier alpha value is -2.40. The molecule has 1 unspecified atom stereocenters. The number of carbonyl (C=O) groups is 1. The summed E-state index contributed by atoms with van der Waals surface area (Å²) >= 11 is 0. The highest BCUT2D eigenvalue weighted by atomic mass is 16.3. The van der Waals surface area contributed by atoms with Crippen LogP contribution in [0.2, 0.25) is 0 Å². The Morgan fingerprint density at radius 1 is 1.36 bits per heavy atom. The first kappa shape index (κ1) is 16.0. The van der Waals surface area contributed by atoms with Gasteiger partial charge in [-0.3, -0.25) is 4.79 Å². The fraction of sp³-hybridized carbons (Fsp3) is 0.294. The van der Waals surface area contributed by atoms with Gasteiger partial charge in [0.25, 0.3) is 0 Å². The number of nitrogens with one attached hydrogen (secondary N) is 1. The molecule has 2 aromatic rings. The molecule has 0 spiro atoms. The quantitative estimate of drug-likeness (QED) is 0.832. The molecule has 0 aliphatic heterocycles. The smallest absolute Gasteiger partial charge is 0.244 e. The molecule has 2 rings (SSSR count). The number of oxazole rings is 1. The van der Waals surface area contributed by atoms with Crippen LogP contribution in [-0.2, 0) is 4.79 Å². The summed E-state index contributed by atoms with van der Waals surface area (Å²) in [5.74, 6) is -0.151. The van der Waals surface area contributed by atoms with Crippen molar-refractivity contribution in [2.75, 3.05) is 20.6 Å². The maximum absolute atomic E-state index is 11.9. The number of amides is 1. The number of hydrogen-bond acceptors (Lipinski definition) is 4. The molecule has 1 heterocycles. The Morgan fingerprint density at radius 3 is 2.68 bits per heavy atom. The van der Waals surface area contributed by atoms with Gasteiger partial charge >= 0.3 is 0 Å². The van der Waals surface area contributed by atoms with E-state index in [4.69, 9.17) is 4.42 Å². The predicted molar refractivity (Wildman–Crippen MR) is 86.2 cm³/mol. The van der Waals surface area contributed by atoms with E-state index in [1.807, 2.05) is 14.1 Å². The van der Waals surface area contributed by atoms with E-state index >= 15 is 0 Å². The maximum Gasteiger partial charge on any atom is 0.244 e. The molecule has 0 radical (unpaired) electrons. The third-order valence-electron chi connectivity index (χ3n) is 3.41. The molecule has 0 bridgehead atoms. The van der Waals surface area contributed by atoms with Gasteiger partial charge in [0, 0.05) is 12.6 Å². The van der Waals surface area contributed by atoms with Gasteiger partial charge < -0.3 is 14.6 Å². The Bertz CT molecular complexity index is 616. The van der Waals surface area contributed by atoms with Crippen molar-refractivity contribution in [2.45, 2.75) is 13.0 Å². The fourth-order valence-corrected chi connectivity index (χ4v) is 2.11. The van der Waals surface area contributed by atoms with Crippen LogP contribution in [0.1, 0.15) is 22.9 Å². The minimum Gasteiger partial charge on any atom is -0.451 e. The van der Waals surface area contributed by atoms with Gasteiger partial charge in [0.05, 0.1) is 6.04 Å². The van der Waals surface area contributed by atoms with E-state index in [1.165, 1.54) is 29.9 Å². The molecule has 0 aliphatic rings. The Balaban J connectivity index is 1.94. The molecule has 0 saturated heterocycles. The normalized spacial score (nSPS) is 12.7. The predicted octanol–water partition coefficient (Wildman–Crippen LogP) is 2.42. The van der Waals surface area contributed by atoms with E-state index < -0.39 is 0 Å². The van der Waals surface area contributed by atoms with Crippen LogP contribution >= 0.6 is 0 Å². The van der Waals surface area contributed by atoms with Crippen LogP contribution < -0.4 is 5.32 Å². The lowest BCUT2D eigenvalue weighted by Crippen LogP contribution is -2.33. The van der Waals surface area contributed by atoms with E-state index in [-0.39, 0.29) is 11.9 Å². The molecule has 5 heteroatoms. The van der Waals surface area contributed by atoms with Gasteiger partial charge in [-0.1, -0.05) is 29.8 Å². The lowest BCUT2D eigenvalue weighted by Gasteiger charge is -2.25. The third-order valence-corrected chi connectivity index (χ3v) is 3.41. The summed E-state index contributed by atoms with van der Waals surface area (Å²) in [6.45, 7) is 2.60. The second-order valence-electron chi connectivity index (χ2n) is 5.38. The van der Waals surface area contributed by atoms with Crippen molar-refractivity contribution >= 4 is 12.0 Å². The first-order valence-electron chi connectivity index (χ1n) is 7.13. The minimum absolute atomic E-state index is 0.130. The Morgan fingerprint density at radius 2 is 2.09 bits per heavy atom. The van der Waals surface area contributed by atoms with Crippen LogP contribution in [0.25, 0.3) is 6.08 Å².